The van der Waals surface area contributed by atoms with Crippen LogP contribution in [0.2, 0.25) is 0 Å². The van der Waals surface area contributed by atoms with Crippen molar-refractivity contribution in [1.82, 2.24) is 10.6 Å². The first-order valence-electron chi connectivity index (χ1n) is 9.21. The van der Waals surface area contributed by atoms with Crippen molar-refractivity contribution in [3.8, 4) is 0 Å². The van der Waals surface area contributed by atoms with Gasteiger partial charge in [0, 0.05) is 25.7 Å². The molecule has 2 rings (SSSR count). The van der Waals surface area contributed by atoms with E-state index in [1.54, 1.807) is 0 Å². The Bertz CT molecular complexity index is 802. The molecule has 0 radical (unpaired) electrons. The molecule has 1 aromatic rings. The molecule has 1 aromatic carbocycles. The Labute approximate surface area is 168 Å². The van der Waals surface area contributed by atoms with E-state index < -0.39 is 29.4 Å². The number of nitrogens with one attached hydrogen (secondary N) is 2. The number of urea groups is 1. The number of hydrogen-bond donors (Lipinski definition) is 2. The third kappa shape index (κ3) is 6.30. The lowest BCUT2D eigenvalue weighted by Crippen LogP contribution is -2.41. The van der Waals surface area contributed by atoms with Crippen LogP contribution in [-0.4, -0.2) is 49.1 Å². The summed E-state index contributed by atoms with van der Waals surface area (Å²) in [6.45, 7) is 6.45. The van der Waals surface area contributed by atoms with Crippen LogP contribution in [-0.2, 0) is 9.53 Å². The van der Waals surface area contributed by atoms with Crippen molar-refractivity contribution in [2.75, 3.05) is 31.1 Å². The number of nitro benzene ring substituents is 1. The van der Waals surface area contributed by atoms with Crippen LogP contribution in [0.15, 0.2) is 30.9 Å². The number of rotatable bonds is 7. The van der Waals surface area contributed by atoms with E-state index in [2.05, 4.69) is 18.8 Å². The monoisotopic (exact) mass is 404 g/mol. The van der Waals surface area contributed by atoms with Crippen molar-refractivity contribution in [2.24, 2.45) is 5.92 Å². The first kappa shape index (κ1) is 21.9. The summed E-state index contributed by atoms with van der Waals surface area (Å²) >= 11 is 0. The Morgan fingerprint density at radius 1 is 1.34 bits per heavy atom. The molecule has 0 bridgehead atoms. The zero-order valence-corrected chi connectivity index (χ0v) is 16.2. The van der Waals surface area contributed by atoms with Crippen LogP contribution in [0.3, 0.4) is 0 Å². The Morgan fingerprint density at radius 2 is 2.03 bits per heavy atom. The summed E-state index contributed by atoms with van der Waals surface area (Å²) in [5.74, 6) is -1.15. The smallest absolute Gasteiger partial charge is 0.338 e. The first-order valence-corrected chi connectivity index (χ1v) is 9.21. The molecule has 3 amide bonds. The number of ether oxygens (including phenoxy) is 1. The molecule has 1 aliphatic heterocycles. The predicted octanol–water partition coefficient (Wildman–Crippen LogP) is 2.00. The van der Waals surface area contributed by atoms with Gasteiger partial charge in [-0.1, -0.05) is 13.0 Å². The van der Waals surface area contributed by atoms with E-state index in [1.165, 1.54) is 18.2 Å². The van der Waals surface area contributed by atoms with Gasteiger partial charge in [0.1, 0.15) is 5.69 Å². The summed E-state index contributed by atoms with van der Waals surface area (Å²) < 4.78 is 4.84. The molecule has 1 aliphatic rings. The minimum absolute atomic E-state index is 0.0465. The van der Waals surface area contributed by atoms with Crippen LogP contribution in [0.4, 0.5) is 16.2 Å². The number of nitro groups is 1. The van der Waals surface area contributed by atoms with Crippen LogP contribution in [0, 0.1) is 16.0 Å². The molecule has 0 aliphatic carbocycles. The Hall–Kier alpha value is -3.43. The first-order chi connectivity index (χ1) is 13.8. The molecule has 156 valence electrons. The minimum Gasteiger partial charge on any atom is -0.452 e. The van der Waals surface area contributed by atoms with Gasteiger partial charge in [-0.15, -0.1) is 6.58 Å². The highest BCUT2D eigenvalue weighted by Crippen LogP contribution is 2.32. The molecule has 0 unspecified atom stereocenters. The molecular weight excluding hydrogens is 380 g/mol. The average molecular weight is 404 g/mol. The summed E-state index contributed by atoms with van der Waals surface area (Å²) in [6, 6.07) is 3.34. The Balaban J connectivity index is 2.00. The number of hydrogen-bond acceptors (Lipinski definition) is 7. The van der Waals surface area contributed by atoms with E-state index in [-0.39, 0.29) is 17.8 Å². The average Bonchev–Trinajstić information content (AvgIpc) is 2.70. The van der Waals surface area contributed by atoms with Gasteiger partial charge in [-0.3, -0.25) is 20.2 Å². The van der Waals surface area contributed by atoms with E-state index in [0.29, 0.717) is 24.7 Å². The molecule has 29 heavy (non-hydrogen) atoms. The maximum Gasteiger partial charge on any atom is 0.338 e. The largest absolute Gasteiger partial charge is 0.452 e. The fraction of sp³-hybridized carbons (Fsp3) is 0.421. The second-order valence-corrected chi connectivity index (χ2v) is 6.75. The Morgan fingerprint density at radius 3 is 2.66 bits per heavy atom. The van der Waals surface area contributed by atoms with Gasteiger partial charge in [0.25, 0.3) is 11.6 Å². The summed E-state index contributed by atoms with van der Waals surface area (Å²) in [6.07, 6.45) is 3.32. The van der Waals surface area contributed by atoms with E-state index in [4.69, 9.17) is 4.74 Å². The molecule has 0 saturated carbocycles. The number of esters is 1. The number of anilines is 1. The number of carbonyl (C=O) groups excluding carboxylic acids is 3. The van der Waals surface area contributed by atoms with Crippen LogP contribution in [0.25, 0.3) is 0 Å². The van der Waals surface area contributed by atoms with E-state index in [0.717, 1.165) is 18.9 Å². The van der Waals surface area contributed by atoms with Crippen molar-refractivity contribution in [3.63, 3.8) is 0 Å². The number of amides is 3. The van der Waals surface area contributed by atoms with Gasteiger partial charge in [0.05, 0.1) is 10.5 Å². The maximum atomic E-state index is 12.2. The fourth-order valence-corrected chi connectivity index (χ4v) is 2.90. The molecule has 10 nitrogen and oxygen atoms in total. The molecule has 0 atom stereocenters. The highest BCUT2D eigenvalue weighted by molar-refractivity contribution is 5.97. The van der Waals surface area contributed by atoms with Crippen LogP contribution in [0.1, 0.15) is 30.1 Å². The van der Waals surface area contributed by atoms with Crippen LogP contribution in [0.5, 0.6) is 0 Å². The topological polar surface area (TPSA) is 131 Å². The molecule has 2 N–H and O–H groups in total. The SMILES string of the molecule is C=CCNC(=O)NC(=O)COC(=O)c1ccc(N2CCC(C)CC2)c([N+](=O)[O-])c1. The highest BCUT2D eigenvalue weighted by Gasteiger charge is 2.25. The molecule has 1 fully saturated rings. The van der Waals surface area contributed by atoms with Crippen LogP contribution < -0.4 is 15.5 Å². The molecule has 10 heteroatoms. The predicted molar refractivity (Wildman–Crippen MR) is 106 cm³/mol. The second kappa shape index (κ2) is 10.2. The third-order valence-corrected chi connectivity index (χ3v) is 4.53. The van der Waals surface area contributed by atoms with Gasteiger partial charge >= 0.3 is 12.0 Å². The molecule has 0 aromatic heterocycles. The summed E-state index contributed by atoms with van der Waals surface area (Å²) in [4.78, 5) is 48.0. The number of imide groups is 1. The molecule has 1 saturated heterocycles. The van der Waals surface area contributed by atoms with Crippen molar-refractivity contribution in [3.05, 3.63) is 46.5 Å². The summed E-state index contributed by atoms with van der Waals surface area (Å²) in [5, 5.41) is 15.8. The quantitative estimate of drug-likeness (QED) is 0.307. The van der Waals surface area contributed by atoms with Gasteiger partial charge in [0.15, 0.2) is 6.61 Å². The fourth-order valence-electron chi connectivity index (χ4n) is 2.90. The van der Waals surface area contributed by atoms with E-state index in [9.17, 15) is 24.5 Å². The summed E-state index contributed by atoms with van der Waals surface area (Å²) in [5.41, 5.74) is 0.215. The molecular formula is C19H24N4O6. The zero-order valence-electron chi connectivity index (χ0n) is 16.2. The van der Waals surface area contributed by atoms with Gasteiger partial charge in [0.2, 0.25) is 0 Å². The lowest BCUT2D eigenvalue weighted by molar-refractivity contribution is -0.384. The minimum atomic E-state index is -0.895. The van der Waals surface area contributed by atoms with Crippen molar-refractivity contribution in [1.29, 1.82) is 0 Å². The van der Waals surface area contributed by atoms with Crippen molar-refractivity contribution < 1.29 is 24.0 Å². The number of nitrogens with zero attached hydrogens (tertiary/aromatic N) is 2. The lowest BCUT2D eigenvalue weighted by Gasteiger charge is -2.31. The van der Waals surface area contributed by atoms with Gasteiger partial charge in [-0.2, -0.15) is 0 Å². The lowest BCUT2D eigenvalue weighted by atomic mass is 9.98. The van der Waals surface area contributed by atoms with E-state index >= 15 is 0 Å². The molecule has 0 spiro atoms. The summed E-state index contributed by atoms with van der Waals surface area (Å²) in [7, 11) is 0. The third-order valence-electron chi connectivity index (χ3n) is 4.53. The van der Waals surface area contributed by atoms with Crippen LogP contribution >= 0.6 is 0 Å². The van der Waals surface area contributed by atoms with Gasteiger partial charge < -0.3 is 15.0 Å². The number of benzene rings is 1. The maximum absolute atomic E-state index is 12.2. The normalized spacial score (nSPS) is 14.0. The van der Waals surface area contributed by atoms with E-state index in [1.807, 2.05) is 10.2 Å². The zero-order chi connectivity index (χ0) is 21.4. The van der Waals surface area contributed by atoms with Gasteiger partial charge in [-0.05, 0) is 30.9 Å². The number of piperidine rings is 1. The van der Waals surface area contributed by atoms with Crippen molar-refractivity contribution >= 4 is 29.3 Å². The molecule has 1 heterocycles. The highest BCUT2D eigenvalue weighted by atomic mass is 16.6. The van der Waals surface area contributed by atoms with Crippen molar-refractivity contribution in [2.45, 2.75) is 19.8 Å². The number of carbonyl (C=O) groups is 3. The van der Waals surface area contributed by atoms with Gasteiger partial charge in [-0.25, -0.2) is 9.59 Å². The standard InChI is InChI=1S/C19H24N4O6/c1-3-8-20-19(26)21-17(24)12-29-18(25)14-4-5-15(16(11-14)23(27)28)22-9-6-13(2)7-10-22/h3-5,11,13H,1,6-10,12H2,2H3,(H2,20,21,24,26). The second-order valence-electron chi connectivity index (χ2n) is 6.75. The Kier molecular flexibility index (Phi) is 7.70.